The lowest BCUT2D eigenvalue weighted by Gasteiger charge is -2.44. The Labute approximate surface area is 258 Å². The normalized spacial score (nSPS) is 15.3. The molecule has 0 amide bonds. The second-order valence-corrected chi connectivity index (χ2v) is 16.9. The predicted molar refractivity (Wildman–Crippen MR) is 177 cm³/mol. The number of carbonyl (C=O) groups is 1. The number of anilines is 2. The Hall–Kier alpha value is -4.89. The van der Waals surface area contributed by atoms with Crippen LogP contribution in [0.4, 0.5) is 11.4 Å². The average Bonchev–Trinajstić information content (AvgIpc) is 3.32. The Morgan fingerprint density at radius 1 is 0.636 bits per heavy atom. The molecule has 2 aliphatic heterocycles. The van der Waals surface area contributed by atoms with E-state index in [1.807, 2.05) is 36.4 Å². The van der Waals surface area contributed by atoms with Crippen LogP contribution < -0.4 is 20.2 Å². The minimum absolute atomic E-state index is 0.301. The molecule has 0 fully saturated rings. The third kappa shape index (κ3) is 4.06. The smallest absolute Gasteiger partial charge is 0.340 e. The highest BCUT2D eigenvalue weighted by Crippen LogP contribution is 2.50. The molecule has 1 spiro atoms. The average molecular weight is 599 g/mol. The van der Waals surface area contributed by atoms with Gasteiger partial charge in [0.25, 0.3) is 0 Å². The van der Waals surface area contributed by atoms with Gasteiger partial charge in [-0.15, -0.1) is 20.4 Å². The van der Waals surface area contributed by atoms with Crippen molar-refractivity contribution in [3.63, 3.8) is 0 Å². The number of nitrogens with zero attached hydrogens (tertiary/aromatic N) is 6. The van der Waals surface area contributed by atoms with E-state index in [1.54, 1.807) is 6.92 Å². The van der Waals surface area contributed by atoms with Crippen LogP contribution in [0.3, 0.4) is 0 Å². The van der Waals surface area contributed by atoms with Gasteiger partial charge in [0, 0.05) is 61.8 Å². The van der Waals surface area contributed by atoms with Gasteiger partial charge < -0.3 is 14.5 Å². The van der Waals surface area contributed by atoms with Gasteiger partial charge in [-0.3, -0.25) is 0 Å². The Kier molecular flexibility index (Phi) is 6.23. The number of rotatable bonds is 4. The van der Waals surface area contributed by atoms with Crippen LogP contribution in [0.2, 0.25) is 13.1 Å². The maximum atomic E-state index is 13.7. The minimum atomic E-state index is -2.21. The number of aryl methyl sites for hydroxylation is 1. The van der Waals surface area contributed by atoms with Crippen molar-refractivity contribution in [1.29, 1.82) is 0 Å². The van der Waals surface area contributed by atoms with E-state index >= 15 is 0 Å². The zero-order valence-electron chi connectivity index (χ0n) is 26.0. The first-order chi connectivity index (χ1) is 21.0. The number of esters is 1. The zero-order chi connectivity index (χ0) is 31.0. The summed E-state index contributed by atoms with van der Waals surface area (Å²) in [5.41, 5.74) is 7.65. The first kappa shape index (κ1) is 27.9. The third-order valence-electron chi connectivity index (χ3n) is 9.06. The number of benzene rings is 4. The summed E-state index contributed by atoms with van der Waals surface area (Å²) in [5.74, 6) is 0.706. The molecule has 7 rings (SSSR count). The summed E-state index contributed by atoms with van der Waals surface area (Å²) in [6, 6.07) is 27.3. The summed E-state index contributed by atoms with van der Waals surface area (Å²) < 4.78 is 6.61. The van der Waals surface area contributed by atoms with Crippen molar-refractivity contribution in [2.45, 2.75) is 25.6 Å². The number of aromatic nitrogens is 4. The largest absolute Gasteiger partial charge is 0.441 e. The predicted octanol–water partition coefficient (Wildman–Crippen LogP) is 4.64. The number of hydrogen-bond acceptors (Lipinski definition) is 8. The minimum Gasteiger partial charge on any atom is -0.441 e. The molecule has 5 aromatic rings. The van der Waals surface area contributed by atoms with E-state index in [1.165, 1.54) is 10.4 Å². The first-order valence-corrected chi connectivity index (χ1v) is 17.7. The monoisotopic (exact) mass is 598 g/mol. The molecule has 2 aliphatic rings. The quantitative estimate of drug-likeness (QED) is 0.219. The summed E-state index contributed by atoms with van der Waals surface area (Å²) in [6.07, 6.45) is 0. The second-order valence-electron chi connectivity index (χ2n) is 12.6. The van der Waals surface area contributed by atoms with Crippen molar-refractivity contribution in [2.75, 3.05) is 38.0 Å². The molecule has 0 saturated heterocycles. The van der Waals surface area contributed by atoms with E-state index in [0.29, 0.717) is 17.2 Å². The van der Waals surface area contributed by atoms with Gasteiger partial charge in [-0.25, -0.2) is 4.79 Å². The van der Waals surface area contributed by atoms with Gasteiger partial charge in [-0.05, 0) is 64.8 Å². The third-order valence-corrected chi connectivity index (χ3v) is 12.6. The van der Waals surface area contributed by atoms with Crippen LogP contribution in [0.5, 0.6) is 0 Å². The SMILES string of the molecule is Cc1nnc(-c2ccc(-c3ccc4c(c3)C3(OC4=O)c4ccc(N(C)C)cc4[Si](C)(C)c4cc(N(C)C)ccc43)cc2)nn1. The topological polar surface area (TPSA) is 84.3 Å². The Bertz CT molecular complexity index is 1890. The van der Waals surface area contributed by atoms with Crippen molar-refractivity contribution < 1.29 is 9.53 Å². The second kappa shape index (κ2) is 9.82. The summed E-state index contributed by atoms with van der Waals surface area (Å²) in [7, 11) is 6.04. The van der Waals surface area contributed by atoms with Gasteiger partial charge in [0.15, 0.2) is 11.4 Å². The van der Waals surface area contributed by atoms with Gasteiger partial charge in [0.05, 0.1) is 5.56 Å². The van der Waals surface area contributed by atoms with E-state index in [2.05, 4.69) is 114 Å². The molecule has 8 nitrogen and oxygen atoms in total. The van der Waals surface area contributed by atoms with Crippen LogP contribution in [0.1, 0.15) is 32.9 Å². The molecule has 220 valence electrons. The van der Waals surface area contributed by atoms with Crippen LogP contribution in [0.25, 0.3) is 22.5 Å². The maximum Gasteiger partial charge on any atom is 0.340 e. The number of carbonyl (C=O) groups excluding carboxylic acids is 1. The van der Waals surface area contributed by atoms with E-state index in [-0.39, 0.29) is 5.97 Å². The summed E-state index contributed by atoms with van der Waals surface area (Å²) in [5, 5.41) is 19.0. The first-order valence-electron chi connectivity index (χ1n) is 14.7. The Morgan fingerprint density at radius 3 is 1.70 bits per heavy atom. The molecule has 4 aromatic carbocycles. The lowest BCUT2D eigenvalue weighted by Crippen LogP contribution is -2.63. The molecule has 0 aliphatic carbocycles. The van der Waals surface area contributed by atoms with Gasteiger partial charge >= 0.3 is 5.97 Å². The fraction of sp³-hybridized carbons (Fsp3) is 0.229. The molecular weight excluding hydrogens is 565 g/mol. The summed E-state index contributed by atoms with van der Waals surface area (Å²) in [6.45, 7) is 6.56. The fourth-order valence-corrected chi connectivity index (χ4v) is 9.78. The van der Waals surface area contributed by atoms with E-state index in [0.717, 1.165) is 44.8 Å². The molecule has 0 unspecified atom stereocenters. The van der Waals surface area contributed by atoms with E-state index < -0.39 is 13.7 Å². The molecule has 0 saturated carbocycles. The highest BCUT2D eigenvalue weighted by molar-refractivity contribution is 7.01. The lowest BCUT2D eigenvalue weighted by molar-refractivity contribution is 0.0255. The molecule has 0 radical (unpaired) electrons. The molecule has 0 atom stereocenters. The van der Waals surface area contributed by atoms with Crippen molar-refractivity contribution in [2.24, 2.45) is 0 Å². The van der Waals surface area contributed by atoms with E-state index in [4.69, 9.17) is 4.74 Å². The van der Waals surface area contributed by atoms with Crippen LogP contribution in [-0.2, 0) is 10.3 Å². The standard InChI is InChI=1S/C35H34N6O2Si/c1-21-36-38-33(39-37-21)23-10-8-22(9-11-23)24-12-15-27-30(18-24)35(43-34(27)42)28-16-13-25(40(2)3)19-31(28)44(6,7)32-20-26(41(4)5)14-17-29(32)35/h8-20H,1-7H3. The van der Waals surface area contributed by atoms with Crippen molar-refractivity contribution >= 4 is 35.8 Å². The Morgan fingerprint density at radius 2 is 1.16 bits per heavy atom. The number of fused-ring (bicyclic) bond motifs is 6. The summed E-state index contributed by atoms with van der Waals surface area (Å²) in [4.78, 5) is 18.0. The van der Waals surface area contributed by atoms with Crippen LogP contribution in [-0.4, -0.2) is 62.6 Å². The van der Waals surface area contributed by atoms with Crippen LogP contribution >= 0.6 is 0 Å². The molecule has 9 heteroatoms. The zero-order valence-corrected chi connectivity index (χ0v) is 27.0. The van der Waals surface area contributed by atoms with Crippen molar-refractivity contribution in [3.05, 3.63) is 107 Å². The van der Waals surface area contributed by atoms with Gasteiger partial charge in [-0.1, -0.05) is 55.6 Å². The lowest BCUT2D eigenvalue weighted by atomic mass is 9.78. The van der Waals surface area contributed by atoms with Gasteiger partial charge in [-0.2, -0.15) is 0 Å². The molecular formula is C35H34N6O2Si. The van der Waals surface area contributed by atoms with Gasteiger partial charge in [0.1, 0.15) is 8.07 Å². The van der Waals surface area contributed by atoms with Crippen LogP contribution in [0.15, 0.2) is 78.9 Å². The van der Waals surface area contributed by atoms with Crippen molar-refractivity contribution in [1.82, 2.24) is 20.4 Å². The molecule has 0 N–H and O–H groups in total. The molecule has 3 heterocycles. The molecule has 1 aromatic heterocycles. The number of ether oxygens (including phenoxy) is 1. The van der Waals surface area contributed by atoms with Gasteiger partial charge in [0.2, 0.25) is 5.82 Å². The molecule has 0 bridgehead atoms. The summed E-state index contributed by atoms with van der Waals surface area (Å²) >= 11 is 0. The Balaban J connectivity index is 1.44. The highest BCUT2D eigenvalue weighted by atomic mass is 28.3. The molecule has 44 heavy (non-hydrogen) atoms. The van der Waals surface area contributed by atoms with E-state index in [9.17, 15) is 4.79 Å². The van der Waals surface area contributed by atoms with Crippen molar-refractivity contribution in [3.8, 4) is 22.5 Å². The maximum absolute atomic E-state index is 13.7. The highest BCUT2D eigenvalue weighted by Gasteiger charge is 2.56. The number of hydrogen-bond donors (Lipinski definition) is 0. The fourth-order valence-electron chi connectivity index (χ4n) is 6.61. The van der Waals surface area contributed by atoms with Crippen LogP contribution in [0, 0.1) is 6.92 Å².